The molecule has 3 aromatic rings. The number of aryl methyl sites for hydroxylation is 1. The van der Waals surface area contributed by atoms with Crippen LogP contribution < -0.4 is 10.5 Å². The molecular formula is C19H19F3N4O2S. The lowest BCUT2D eigenvalue weighted by atomic mass is 10.1. The molecule has 0 unspecified atom stereocenters. The van der Waals surface area contributed by atoms with Gasteiger partial charge in [-0.1, -0.05) is 12.1 Å². The summed E-state index contributed by atoms with van der Waals surface area (Å²) in [6.07, 6.45) is -1.03. The summed E-state index contributed by atoms with van der Waals surface area (Å²) in [6, 6.07) is 7.76. The monoisotopic (exact) mass is 424 g/mol. The van der Waals surface area contributed by atoms with E-state index in [9.17, 15) is 21.6 Å². The molecule has 0 spiro atoms. The van der Waals surface area contributed by atoms with E-state index in [1.54, 1.807) is 25.4 Å². The molecule has 29 heavy (non-hydrogen) atoms. The number of rotatable bonds is 5. The number of benzene rings is 2. The van der Waals surface area contributed by atoms with Gasteiger partial charge in [-0.15, -0.1) is 0 Å². The number of primary sulfonamides is 1. The maximum absolute atomic E-state index is 12.7. The van der Waals surface area contributed by atoms with Crippen LogP contribution in [0.4, 0.5) is 18.9 Å². The summed E-state index contributed by atoms with van der Waals surface area (Å²) in [5, 5.41) is 12.7. The Labute approximate surface area is 166 Å². The van der Waals surface area contributed by atoms with Gasteiger partial charge in [0.2, 0.25) is 10.0 Å². The quantitative estimate of drug-likeness (QED) is 0.653. The number of nitrogens with one attached hydrogen (secondary N) is 1. The van der Waals surface area contributed by atoms with E-state index in [-0.39, 0.29) is 11.4 Å². The molecule has 2 aromatic carbocycles. The molecule has 0 amide bonds. The molecule has 6 nitrogen and oxygen atoms in total. The van der Waals surface area contributed by atoms with Gasteiger partial charge in [0.15, 0.2) is 0 Å². The van der Waals surface area contributed by atoms with Gasteiger partial charge >= 0.3 is 6.18 Å². The fourth-order valence-electron chi connectivity index (χ4n) is 2.97. The standard InChI is InChI=1S/C19H19F3N4O2S/c1-12-9-25-26(11-12)18-13(2)17(29(23,27)28)8-7-16(18)24-10-14-3-5-15(6-4-14)19(20,21)22/h3-9,11,24H,10H2,1-2H3,(H2,23,27,28). The minimum absolute atomic E-state index is 0.0271. The highest BCUT2D eigenvalue weighted by Crippen LogP contribution is 2.31. The maximum atomic E-state index is 12.7. The molecule has 0 saturated heterocycles. The highest BCUT2D eigenvalue weighted by Gasteiger charge is 2.29. The Bertz CT molecular complexity index is 1140. The van der Waals surface area contributed by atoms with Gasteiger partial charge in [0.1, 0.15) is 0 Å². The van der Waals surface area contributed by atoms with Crippen molar-refractivity contribution in [2.45, 2.75) is 31.5 Å². The van der Waals surface area contributed by atoms with E-state index in [4.69, 9.17) is 5.14 Å². The Morgan fingerprint density at radius 3 is 2.28 bits per heavy atom. The Hall–Kier alpha value is -2.85. The first-order chi connectivity index (χ1) is 13.5. The van der Waals surface area contributed by atoms with Crippen molar-refractivity contribution in [1.82, 2.24) is 9.78 Å². The van der Waals surface area contributed by atoms with Crippen molar-refractivity contribution in [3.63, 3.8) is 0 Å². The molecule has 154 valence electrons. The predicted octanol–water partition coefficient (Wildman–Crippen LogP) is 3.77. The number of hydrogen-bond donors (Lipinski definition) is 2. The third-order valence-electron chi connectivity index (χ3n) is 4.39. The SMILES string of the molecule is Cc1cnn(-c2c(NCc3ccc(C(F)(F)F)cc3)ccc(S(N)(=O)=O)c2C)c1. The van der Waals surface area contributed by atoms with Gasteiger partial charge in [0.05, 0.1) is 28.0 Å². The normalized spacial score (nSPS) is 12.2. The second-order valence-electron chi connectivity index (χ2n) is 6.64. The van der Waals surface area contributed by atoms with Crippen LogP contribution >= 0.6 is 0 Å². The molecule has 0 radical (unpaired) electrons. The van der Waals surface area contributed by atoms with E-state index in [0.717, 1.165) is 17.7 Å². The van der Waals surface area contributed by atoms with E-state index < -0.39 is 21.8 Å². The molecule has 1 heterocycles. The van der Waals surface area contributed by atoms with E-state index in [2.05, 4.69) is 10.4 Å². The molecule has 10 heteroatoms. The van der Waals surface area contributed by atoms with Crippen molar-refractivity contribution in [2.75, 3.05) is 5.32 Å². The van der Waals surface area contributed by atoms with Crippen LogP contribution in [0.3, 0.4) is 0 Å². The van der Waals surface area contributed by atoms with E-state index >= 15 is 0 Å². The Morgan fingerprint density at radius 1 is 1.10 bits per heavy atom. The average Bonchev–Trinajstić information content (AvgIpc) is 3.04. The van der Waals surface area contributed by atoms with E-state index in [1.807, 2.05) is 6.92 Å². The average molecular weight is 424 g/mol. The molecule has 0 aliphatic carbocycles. The highest BCUT2D eigenvalue weighted by atomic mass is 32.2. The summed E-state index contributed by atoms with van der Waals surface area (Å²) >= 11 is 0. The van der Waals surface area contributed by atoms with Crippen LogP contribution in [-0.2, 0) is 22.7 Å². The van der Waals surface area contributed by atoms with E-state index in [0.29, 0.717) is 22.5 Å². The Morgan fingerprint density at radius 2 is 1.76 bits per heavy atom. The van der Waals surface area contributed by atoms with Gasteiger partial charge in [-0.2, -0.15) is 18.3 Å². The van der Waals surface area contributed by atoms with Crippen molar-refractivity contribution in [3.8, 4) is 5.69 Å². The topological polar surface area (TPSA) is 90.0 Å². The summed E-state index contributed by atoms with van der Waals surface area (Å²) in [4.78, 5) is -0.0271. The van der Waals surface area contributed by atoms with Gasteiger partial charge in [-0.3, -0.25) is 0 Å². The van der Waals surface area contributed by atoms with Crippen LogP contribution in [-0.4, -0.2) is 18.2 Å². The van der Waals surface area contributed by atoms with Gasteiger partial charge in [-0.05, 0) is 54.8 Å². The van der Waals surface area contributed by atoms with Gasteiger partial charge < -0.3 is 5.32 Å². The summed E-state index contributed by atoms with van der Waals surface area (Å²) < 4.78 is 63.4. The van der Waals surface area contributed by atoms with Crippen molar-refractivity contribution >= 4 is 15.7 Å². The number of nitrogens with zero attached hydrogens (tertiary/aromatic N) is 2. The first kappa shape index (κ1) is 20.9. The molecule has 0 aliphatic rings. The lowest BCUT2D eigenvalue weighted by molar-refractivity contribution is -0.137. The van der Waals surface area contributed by atoms with Crippen molar-refractivity contribution in [1.29, 1.82) is 0 Å². The largest absolute Gasteiger partial charge is 0.416 e. The van der Waals surface area contributed by atoms with Crippen molar-refractivity contribution in [3.05, 3.63) is 71.0 Å². The molecule has 3 N–H and O–H groups in total. The minimum atomic E-state index is -4.39. The van der Waals surface area contributed by atoms with Gasteiger partial charge in [0.25, 0.3) is 0 Å². The minimum Gasteiger partial charge on any atom is -0.379 e. The molecule has 1 aromatic heterocycles. The van der Waals surface area contributed by atoms with Crippen LogP contribution in [0.2, 0.25) is 0 Å². The number of anilines is 1. The molecule has 0 saturated carbocycles. The first-order valence-electron chi connectivity index (χ1n) is 8.55. The third-order valence-corrected chi connectivity index (χ3v) is 5.45. The van der Waals surface area contributed by atoms with Crippen LogP contribution in [0, 0.1) is 13.8 Å². The zero-order valence-electron chi connectivity index (χ0n) is 15.7. The van der Waals surface area contributed by atoms with Gasteiger partial charge in [0, 0.05) is 12.7 Å². The Kier molecular flexibility index (Phi) is 5.42. The molecular weight excluding hydrogens is 405 g/mol. The smallest absolute Gasteiger partial charge is 0.379 e. The highest BCUT2D eigenvalue weighted by molar-refractivity contribution is 7.89. The third kappa shape index (κ3) is 4.60. The second-order valence-corrected chi connectivity index (χ2v) is 8.17. The zero-order valence-corrected chi connectivity index (χ0v) is 16.5. The summed E-state index contributed by atoms with van der Waals surface area (Å²) in [7, 11) is -3.94. The second kappa shape index (κ2) is 7.53. The Balaban J connectivity index is 1.96. The fourth-order valence-corrected chi connectivity index (χ4v) is 3.75. The van der Waals surface area contributed by atoms with E-state index in [1.165, 1.54) is 22.9 Å². The number of hydrogen-bond acceptors (Lipinski definition) is 4. The zero-order chi connectivity index (χ0) is 21.4. The molecule has 0 aliphatic heterocycles. The summed E-state index contributed by atoms with van der Waals surface area (Å²) in [5.74, 6) is 0. The van der Waals surface area contributed by atoms with Crippen LogP contribution in [0.5, 0.6) is 0 Å². The molecule has 3 rings (SSSR count). The van der Waals surface area contributed by atoms with Crippen LogP contribution in [0.15, 0.2) is 53.7 Å². The van der Waals surface area contributed by atoms with Gasteiger partial charge in [-0.25, -0.2) is 18.2 Å². The number of halogens is 3. The first-order valence-corrected chi connectivity index (χ1v) is 10.1. The number of alkyl halides is 3. The van der Waals surface area contributed by atoms with Crippen molar-refractivity contribution < 1.29 is 21.6 Å². The number of sulfonamides is 1. The maximum Gasteiger partial charge on any atom is 0.416 e. The molecule has 0 fully saturated rings. The lowest BCUT2D eigenvalue weighted by Crippen LogP contribution is -2.16. The molecule has 0 bridgehead atoms. The molecule has 0 atom stereocenters. The fraction of sp³-hybridized carbons (Fsp3) is 0.211. The number of aromatic nitrogens is 2. The number of nitrogens with two attached hydrogens (primary N) is 1. The van der Waals surface area contributed by atoms with Crippen molar-refractivity contribution in [2.24, 2.45) is 5.14 Å². The lowest BCUT2D eigenvalue weighted by Gasteiger charge is -2.17. The summed E-state index contributed by atoms with van der Waals surface area (Å²) in [5.41, 5.74) is 2.26. The van der Waals surface area contributed by atoms with Crippen LogP contribution in [0.1, 0.15) is 22.3 Å². The summed E-state index contributed by atoms with van der Waals surface area (Å²) in [6.45, 7) is 3.70. The predicted molar refractivity (Wildman–Crippen MR) is 103 cm³/mol. The van der Waals surface area contributed by atoms with Crippen LogP contribution in [0.25, 0.3) is 5.69 Å².